The molecule has 7 nitrogen and oxygen atoms in total. The number of carboxylic acids is 2. The zero-order chi connectivity index (χ0) is 30.1. The highest BCUT2D eigenvalue weighted by atomic mass is 35.5. The van der Waals surface area contributed by atoms with Crippen molar-refractivity contribution < 1.29 is 38.1 Å². The zero-order valence-electron chi connectivity index (χ0n) is 22.4. The number of ether oxygens (including phenoxy) is 2. The molecule has 0 spiro atoms. The van der Waals surface area contributed by atoms with E-state index >= 15 is 0 Å². The maximum Gasteiger partial charge on any atom is 0.307 e. The number of fused-ring (bicyclic) bond motifs is 1. The van der Waals surface area contributed by atoms with Gasteiger partial charge in [-0.25, -0.2) is 8.78 Å². The van der Waals surface area contributed by atoms with E-state index in [1.807, 2.05) is 59.2 Å². The first kappa shape index (κ1) is 30.3. The molecule has 0 amide bonds. The van der Waals surface area contributed by atoms with Gasteiger partial charge >= 0.3 is 11.9 Å². The van der Waals surface area contributed by atoms with Gasteiger partial charge in [0.1, 0.15) is 41.4 Å². The molecule has 0 aliphatic heterocycles. The smallest absolute Gasteiger partial charge is 0.307 e. The maximum absolute atomic E-state index is 13.5. The molecule has 4 aromatic rings. The van der Waals surface area contributed by atoms with Crippen molar-refractivity contribution in [2.75, 3.05) is 13.2 Å². The number of carboxylic acid groups (broad SMARTS) is 2. The van der Waals surface area contributed by atoms with Crippen LogP contribution in [0.4, 0.5) is 8.78 Å². The maximum atomic E-state index is 13.5. The lowest BCUT2D eigenvalue weighted by Crippen LogP contribution is -2.01. The number of carbonyl (C=O) groups is 2. The van der Waals surface area contributed by atoms with Crippen molar-refractivity contribution in [2.24, 2.45) is 0 Å². The predicted octanol–water partition coefficient (Wildman–Crippen LogP) is 7.25. The summed E-state index contributed by atoms with van der Waals surface area (Å²) in [5.74, 6) is -2.92. The summed E-state index contributed by atoms with van der Waals surface area (Å²) in [7, 11) is 0. The summed E-state index contributed by atoms with van der Waals surface area (Å²) in [6.45, 7) is 0.782. The second-order valence-electron chi connectivity index (χ2n) is 9.35. The quantitative estimate of drug-likeness (QED) is 0.0905. The monoisotopic (exact) mass is 595 g/mol. The molecule has 0 bridgehead atoms. The number of nitrogens with zero attached hydrogens (tertiary/aromatic N) is 1. The number of hydrogen-bond donors (Lipinski definition) is 2. The Bertz CT molecular complexity index is 1630. The predicted molar refractivity (Wildman–Crippen MR) is 157 cm³/mol. The molecule has 2 N–H and O–H groups in total. The van der Waals surface area contributed by atoms with E-state index in [9.17, 15) is 23.5 Å². The Morgan fingerprint density at radius 1 is 0.929 bits per heavy atom. The summed E-state index contributed by atoms with van der Waals surface area (Å²) in [5, 5.41) is 18.9. The van der Waals surface area contributed by atoms with E-state index < -0.39 is 23.6 Å². The lowest BCUT2D eigenvalue weighted by Gasteiger charge is -2.07. The Balaban J connectivity index is 1.37. The van der Waals surface area contributed by atoms with Gasteiger partial charge in [0, 0.05) is 42.2 Å². The molecule has 0 unspecified atom stereocenters. The van der Waals surface area contributed by atoms with Crippen molar-refractivity contribution >= 4 is 46.6 Å². The fourth-order valence-corrected chi connectivity index (χ4v) is 4.57. The first-order valence-electron chi connectivity index (χ1n) is 13.1. The fraction of sp³-hybridized carbons (Fsp3) is 0.188. The first-order chi connectivity index (χ1) is 20.2. The summed E-state index contributed by atoms with van der Waals surface area (Å²) in [6.07, 6.45) is 9.32. The van der Waals surface area contributed by atoms with Gasteiger partial charge in [0.2, 0.25) is 0 Å². The van der Waals surface area contributed by atoms with Crippen LogP contribution in [0.2, 0.25) is 5.02 Å². The number of aromatic nitrogens is 1. The Kier molecular flexibility index (Phi) is 10.3. The molecule has 0 fully saturated rings. The van der Waals surface area contributed by atoms with Crippen molar-refractivity contribution in [1.82, 2.24) is 4.57 Å². The van der Waals surface area contributed by atoms with Gasteiger partial charge in [-0.1, -0.05) is 48.0 Å². The van der Waals surface area contributed by atoms with Gasteiger partial charge in [0.15, 0.2) is 0 Å². The topological polar surface area (TPSA) is 98.0 Å². The Labute approximate surface area is 245 Å². The molecule has 1 aromatic heterocycles. The summed E-state index contributed by atoms with van der Waals surface area (Å²) in [6, 6.07) is 14.8. The van der Waals surface area contributed by atoms with Crippen LogP contribution in [0.3, 0.4) is 0 Å². The molecule has 0 atom stereocenters. The second kappa shape index (κ2) is 14.3. The molecule has 0 saturated heterocycles. The highest BCUT2D eigenvalue weighted by Gasteiger charge is 2.14. The van der Waals surface area contributed by atoms with Crippen LogP contribution in [0.1, 0.15) is 29.5 Å². The van der Waals surface area contributed by atoms with Crippen LogP contribution in [0.5, 0.6) is 11.5 Å². The van der Waals surface area contributed by atoms with Crippen LogP contribution in [-0.2, 0) is 22.6 Å². The number of aryl methyl sites for hydroxylation is 1. The van der Waals surface area contributed by atoms with Crippen molar-refractivity contribution in [3.05, 3.63) is 106 Å². The number of hydrogen-bond acceptors (Lipinski definition) is 4. The molecule has 0 saturated carbocycles. The minimum Gasteiger partial charge on any atom is -0.490 e. The SMILES string of the molecule is O=C(O)CCCn1cc(CC(=O)O)c2c(C=Cc3ccc(OC/C=C/COc4cc(F)cc(F)c4Cl)cc3)cccc21. The largest absolute Gasteiger partial charge is 0.490 e. The van der Waals surface area contributed by atoms with Gasteiger partial charge in [-0.05, 0) is 53.5 Å². The van der Waals surface area contributed by atoms with Crippen molar-refractivity contribution in [3.8, 4) is 11.5 Å². The standard InChI is InChI=1S/C32H28ClF2NO6/c33-32-26(35)18-24(34)19-28(32)42-16-2-1-15-41-25-12-9-21(10-13-25)8-11-22-5-3-6-27-31(22)23(17-30(39)40)20-36(27)14-4-7-29(37)38/h1-3,5-6,8-13,18-20H,4,7,14-17H2,(H,37,38)(H,39,40)/b2-1+,11-8?. The van der Waals surface area contributed by atoms with Gasteiger partial charge in [-0.3, -0.25) is 9.59 Å². The molecular formula is C32H28ClF2NO6. The van der Waals surface area contributed by atoms with E-state index in [1.54, 1.807) is 18.3 Å². The fourth-order valence-electron chi connectivity index (χ4n) is 4.41. The minimum absolute atomic E-state index is 0.0339. The Morgan fingerprint density at radius 2 is 1.67 bits per heavy atom. The number of aliphatic carboxylic acids is 2. The Hall–Kier alpha value is -4.63. The van der Waals surface area contributed by atoms with E-state index in [4.69, 9.17) is 26.2 Å². The molecule has 0 radical (unpaired) electrons. The highest BCUT2D eigenvalue weighted by molar-refractivity contribution is 6.32. The number of rotatable bonds is 14. The average Bonchev–Trinajstić information content (AvgIpc) is 3.29. The molecular weight excluding hydrogens is 568 g/mol. The third-order valence-corrected chi connectivity index (χ3v) is 6.66. The molecule has 0 aliphatic rings. The van der Waals surface area contributed by atoms with Crippen molar-refractivity contribution in [2.45, 2.75) is 25.8 Å². The second-order valence-corrected chi connectivity index (χ2v) is 9.73. The van der Waals surface area contributed by atoms with E-state index in [1.165, 1.54) is 0 Å². The van der Waals surface area contributed by atoms with Gasteiger partial charge in [-0.2, -0.15) is 0 Å². The van der Waals surface area contributed by atoms with Crippen molar-refractivity contribution in [3.63, 3.8) is 0 Å². The normalized spacial score (nSPS) is 11.5. The molecule has 10 heteroatoms. The zero-order valence-corrected chi connectivity index (χ0v) is 23.2. The molecule has 0 aliphatic carbocycles. The van der Waals surface area contributed by atoms with Crippen LogP contribution in [-0.4, -0.2) is 39.9 Å². The lowest BCUT2D eigenvalue weighted by atomic mass is 10.0. The van der Waals surface area contributed by atoms with Gasteiger partial charge in [0.05, 0.1) is 6.42 Å². The average molecular weight is 596 g/mol. The lowest BCUT2D eigenvalue weighted by molar-refractivity contribution is -0.137. The third kappa shape index (κ3) is 8.20. The molecule has 218 valence electrons. The van der Waals surface area contributed by atoms with Gasteiger partial charge < -0.3 is 24.3 Å². The number of halogens is 3. The van der Waals surface area contributed by atoms with Gasteiger partial charge in [0.25, 0.3) is 0 Å². The summed E-state index contributed by atoms with van der Waals surface area (Å²) in [4.78, 5) is 22.4. The third-order valence-electron chi connectivity index (χ3n) is 6.29. The molecule has 3 aromatic carbocycles. The van der Waals surface area contributed by atoms with E-state index in [-0.39, 0.29) is 36.8 Å². The van der Waals surface area contributed by atoms with E-state index in [0.29, 0.717) is 30.3 Å². The summed E-state index contributed by atoms with van der Waals surface area (Å²) in [5.41, 5.74) is 3.28. The van der Waals surface area contributed by atoms with Crippen LogP contribution in [0.25, 0.3) is 23.1 Å². The minimum atomic E-state index is -0.942. The molecule has 1 heterocycles. The van der Waals surface area contributed by atoms with Crippen LogP contribution in [0.15, 0.2) is 72.9 Å². The number of benzene rings is 3. The highest BCUT2D eigenvalue weighted by Crippen LogP contribution is 2.29. The first-order valence-corrected chi connectivity index (χ1v) is 13.5. The molecule has 4 rings (SSSR count). The summed E-state index contributed by atoms with van der Waals surface area (Å²) >= 11 is 5.77. The van der Waals surface area contributed by atoms with Crippen LogP contribution in [0, 0.1) is 11.6 Å². The Morgan fingerprint density at radius 3 is 2.38 bits per heavy atom. The van der Waals surface area contributed by atoms with Crippen LogP contribution >= 0.6 is 11.6 Å². The van der Waals surface area contributed by atoms with E-state index in [2.05, 4.69) is 0 Å². The van der Waals surface area contributed by atoms with Crippen LogP contribution < -0.4 is 9.47 Å². The summed E-state index contributed by atoms with van der Waals surface area (Å²) < 4.78 is 39.7. The van der Waals surface area contributed by atoms with E-state index in [0.717, 1.165) is 28.1 Å². The van der Waals surface area contributed by atoms with Crippen molar-refractivity contribution in [1.29, 1.82) is 0 Å². The molecule has 42 heavy (non-hydrogen) atoms. The van der Waals surface area contributed by atoms with Gasteiger partial charge in [-0.15, -0.1) is 0 Å².